The minimum atomic E-state index is -0.856. The normalized spacial score (nSPS) is 19.3. The number of amides is 3. The van der Waals surface area contributed by atoms with Gasteiger partial charge in [0.2, 0.25) is 11.8 Å². The molecule has 2 aliphatic rings. The molecule has 2 aromatic carbocycles. The Morgan fingerprint density at radius 1 is 1.21 bits per heavy atom. The quantitative estimate of drug-likeness (QED) is 0.622. The highest BCUT2D eigenvalue weighted by molar-refractivity contribution is 6.10. The van der Waals surface area contributed by atoms with E-state index in [1.165, 1.54) is 22.9 Å². The summed E-state index contributed by atoms with van der Waals surface area (Å²) in [7, 11) is 0. The molecule has 1 atom stereocenters. The highest BCUT2D eigenvalue weighted by Gasteiger charge is 2.52. The van der Waals surface area contributed by atoms with E-state index < -0.39 is 17.4 Å². The molecule has 10 nitrogen and oxygen atoms in total. The first-order valence-electron chi connectivity index (χ1n) is 10.9. The van der Waals surface area contributed by atoms with Gasteiger partial charge in [-0.15, -0.1) is 5.10 Å². The number of hydrogen-bond donors (Lipinski definition) is 1. The fourth-order valence-corrected chi connectivity index (χ4v) is 4.68. The molecule has 11 heteroatoms. The van der Waals surface area contributed by atoms with Gasteiger partial charge in [0.25, 0.3) is 5.91 Å². The zero-order chi connectivity index (χ0) is 24.0. The van der Waals surface area contributed by atoms with Gasteiger partial charge in [0.15, 0.2) is 5.82 Å². The fourth-order valence-electron chi connectivity index (χ4n) is 4.68. The van der Waals surface area contributed by atoms with Crippen LogP contribution in [0, 0.1) is 12.7 Å². The van der Waals surface area contributed by atoms with Crippen molar-refractivity contribution in [3.63, 3.8) is 0 Å². The van der Waals surface area contributed by atoms with E-state index in [9.17, 15) is 18.8 Å². The number of carbonyl (C=O) groups is 3. The first kappa shape index (κ1) is 21.7. The van der Waals surface area contributed by atoms with E-state index in [1.54, 1.807) is 41.0 Å². The molecule has 1 fully saturated rings. The summed E-state index contributed by atoms with van der Waals surface area (Å²) in [5, 5.41) is 13.8. The Kier molecular flexibility index (Phi) is 5.11. The average Bonchev–Trinajstić information content (AvgIpc) is 3.38. The molecule has 3 aromatic rings. The van der Waals surface area contributed by atoms with Crippen molar-refractivity contribution in [2.24, 2.45) is 0 Å². The lowest BCUT2D eigenvalue weighted by Gasteiger charge is -2.48. The lowest BCUT2D eigenvalue weighted by atomic mass is 9.98. The molecular formula is C23H22FN7O3. The predicted octanol–water partition coefficient (Wildman–Crippen LogP) is 2.44. The Morgan fingerprint density at radius 3 is 2.76 bits per heavy atom. The summed E-state index contributed by atoms with van der Waals surface area (Å²) >= 11 is 0. The number of benzene rings is 2. The van der Waals surface area contributed by atoms with Crippen LogP contribution in [0.4, 0.5) is 15.8 Å². The Labute approximate surface area is 194 Å². The molecular weight excluding hydrogens is 441 g/mol. The standard InChI is InChI=1S/C23H22FN7O3/c1-14-26-27-28-31(14)15-7-8-17(24)18(13-15)25-20(32)10-12-29-22(34)16-5-3-4-6-19(16)30-21(33)9-11-23(29,30)2/h3-8,13H,9-12H2,1-2H3,(H,25,32). The van der Waals surface area contributed by atoms with E-state index in [2.05, 4.69) is 20.8 Å². The van der Waals surface area contributed by atoms with Gasteiger partial charge in [-0.05, 0) is 61.0 Å². The second-order valence-electron chi connectivity index (χ2n) is 8.52. The van der Waals surface area contributed by atoms with E-state index in [-0.39, 0.29) is 30.5 Å². The number of rotatable bonds is 5. The summed E-state index contributed by atoms with van der Waals surface area (Å²) in [5.41, 5.74) is 0.637. The molecule has 1 N–H and O–H groups in total. The van der Waals surface area contributed by atoms with Crippen LogP contribution in [0.2, 0.25) is 0 Å². The summed E-state index contributed by atoms with van der Waals surface area (Å²) in [6, 6.07) is 11.1. The maximum atomic E-state index is 14.4. The Balaban J connectivity index is 1.35. The van der Waals surface area contributed by atoms with Crippen molar-refractivity contribution in [2.75, 3.05) is 16.8 Å². The topological polar surface area (TPSA) is 113 Å². The number of hydrogen-bond acceptors (Lipinski definition) is 6. The SMILES string of the molecule is Cc1nnnn1-c1ccc(F)c(NC(=O)CCN2C(=O)c3ccccc3N3C(=O)CCC23C)c1. The van der Waals surface area contributed by atoms with Crippen LogP contribution < -0.4 is 10.2 Å². The summed E-state index contributed by atoms with van der Waals surface area (Å²) in [6.45, 7) is 3.61. The van der Waals surface area contributed by atoms with Crippen LogP contribution in [0.5, 0.6) is 0 Å². The van der Waals surface area contributed by atoms with Crippen LogP contribution in [-0.2, 0) is 9.59 Å². The van der Waals surface area contributed by atoms with Crippen molar-refractivity contribution < 1.29 is 18.8 Å². The van der Waals surface area contributed by atoms with Gasteiger partial charge in [-0.2, -0.15) is 4.68 Å². The first-order valence-corrected chi connectivity index (χ1v) is 10.9. The van der Waals surface area contributed by atoms with Gasteiger partial charge >= 0.3 is 0 Å². The van der Waals surface area contributed by atoms with E-state index in [0.29, 0.717) is 35.6 Å². The Hall–Kier alpha value is -4.15. The number of aromatic nitrogens is 4. The minimum absolute atomic E-state index is 0.0170. The molecule has 2 aliphatic heterocycles. The molecule has 1 aromatic heterocycles. The van der Waals surface area contributed by atoms with Crippen molar-refractivity contribution in [3.05, 3.63) is 59.7 Å². The lowest BCUT2D eigenvalue weighted by molar-refractivity contribution is -0.117. The smallest absolute Gasteiger partial charge is 0.257 e. The van der Waals surface area contributed by atoms with Crippen LogP contribution >= 0.6 is 0 Å². The number of para-hydroxylation sites is 1. The Bertz CT molecular complexity index is 1320. The molecule has 0 bridgehead atoms. The predicted molar refractivity (Wildman–Crippen MR) is 120 cm³/mol. The largest absolute Gasteiger partial charge is 0.323 e. The van der Waals surface area contributed by atoms with Gasteiger partial charge in [0.05, 0.1) is 22.6 Å². The van der Waals surface area contributed by atoms with Crippen LogP contribution in [0.25, 0.3) is 5.69 Å². The molecule has 3 amide bonds. The minimum Gasteiger partial charge on any atom is -0.323 e. The second-order valence-corrected chi connectivity index (χ2v) is 8.52. The Morgan fingerprint density at radius 2 is 2.00 bits per heavy atom. The van der Waals surface area contributed by atoms with Crippen molar-refractivity contribution in [2.45, 2.75) is 38.8 Å². The third kappa shape index (κ3) is 3.40. The summed E-state index contributed by atoms with van der Waals surface area (Å²) in [5.74, 6) is -0.856. The van der Waals surface area contributed by atoms with Crippen molar-refractivity contribution in [3.8, 4) is 5.69 Å². The van der Waals surface area contributed by atoms with Gasteiger partial charge < -0.3 is 10.2 Å². The van der Waals surface area contributed by atoms with Gasteiger partial charge in [-0.1, -0.05) is 12.1 Å². The second kappa shape index (κ2) is 8.01. The molecule has 0 radical (unpaired) electrons. The fraction of sp³-hybridized carbons (Fsp3) is 0.304. The summed E-state index contributed by atoms with van der Waals surface area (Å²) in [4.78, 5) is 41.9. The number of tetrazole rings is 1. The maximum absolute atomic E-state index is 14.4. The average molecular weight is 463 g/mol. The third-order valence-electron chi connectivity index (χ3n) is 6.40. The molecule has 34 heavy (non-hydrogen) atoms. The van der Waals surface area contributed by atoms with Crippen LogP contribution in [0.3, 0.4) is 0 Å². The van der Waals surface area contributed by atoms with Crippen LogP contribution in [0.15, 0.2) is 42.5 Å². The highest BCUT2D eigenvalue weighted by Crippen LogP contribution is 2.44. The number of anilines is 2. The third-order valence-corrected chi connectivity index (χ3v) is 6.40. The molecule has 0 spiro atoms. The monoisotopic (exact) mass is 463 g/mol. The van der Waals surface area contributed by atoms with E-state index >= 15 is 0 Å². The number of carbonyl (C=O) groups excluding carboxylic acids is 3. The number of halogens is 1. The molecule has 1 saturated heterocycles. The summed E-state index contributed by atoms with van der Waals surface area (Å²) < 4.78 is 15.8. The van der Waals surface area contributed by atoms with Gasteiger partial charge in [0, 0.05) is 19.4 Å². The van der Waals surface area contributed by atoms with Crippen molar-refractivity contribution in [1.82, 2.24) is 25.1 Å². The first-order chi connectivity index (χ1) is 16.3. The zero-order valence-corrected chi connectivity index (χ0v) is 18.7. The molecule has 5 rings (SSSR count). The van der Waals surface area contributed by atoms with Crippen molar-refractivity contribution in [1.29, 1.82) is 0 Å². The van der Waals surface area contributed by atoms with E-state index in [1.807, 2.05) is 6.92 Å². The van der Waals surface area contributed by atoms with Crippen LogP contribution in [0.1, 0.15) is 42.4 Å². The number of nitrogens with zero attached hydrogens (tertiary/aromatic N) is 6. The molecule has 0 saturated carbocycles. The molecule has 0 aliphatic carbocycles. The lowest BCUT2D eigenvalue weighted by Crippen LogP contribution is -2.62. The molecule has 174 valence electrons. The van der Waals surface area contributed by atoms with Gasteiger partial charge in [-0.25, -0.2) is 4.39 Å². The summed E-state index contributed by atoms with van der Waals surface area (Å²) in [6.07, 6.45) is 0.712. The maximum Gasteiger partial charge on any atom is 0.257 e. The molecule has 1 unspecified atom stereocenters. The van der Waals surface area contributed by atoms with Gasteiger partial charge in [0.1, 0.15) is 11.5 Å². The molecule has 3 heterocycles. The van der Waals surface area contributed by atoms with E-state index in [4.69, 9.17) is 0 Å². The van der Waals surface area contributed by atoms with E-state index in [0.717, 1.165) is 0 Å². The number of aryl methyl sites for hydroxylation is 1. The number of fused-ring (bicyclic) bond motifs is 3. The zero-order valence-electron chi connectivity index (χ0n) is 18.7. The van der Waals surface area contributed by atoms with Gasteiger partial charge in [-0.3, -0.25) is 19.3 Å². The number of nitrogens with one attached hydrogen (secondary N) is 1. The highest BCUT2D eigenvalue weighted by atomic mass is 19.1. The van der Waals surface area contributed by atoms with Crippen molar-refractivity contribution >= 4 is 29.1 Å². The van der Waals surface area contributed by atoms with Crippen LogP contribution in [-0.4, -0.2) is 55.0 Å².